The van der Waals surface area contributed by atoms with Gasteiger partial charge in [0.15, 0.2) is 0 Å². The minimum absolute atomic E-state index is 0.0206. The summed E-state index contributed by atoms with van der Waals surface area (Å²) >= 11 is 0. The van der Waals surface area contributed by atoms with Crippen LogP contribution in [0.3, 0.4) is 0 Å². The summed E-state index contributed by atoms with van der Waals surface area (Å²) in [5.74, 6) is -0.730. The van der Waals surface area contributed by atoms with Crippen LogP contribution in [0.2, 0.25) is 0 Å². The van der Waals surface area contributed by atoms with Gasteiger partial charge in [-0.1, -0.05) is 48.5 Å². The minimum atomic E-state index is -3.12. The van der Waals surface area contributed by atoms with Crippen molar-refractivity contribution in [2.24, 2.45) is 5.92 Å². The van der Waals surface area contributed by atoms with E-state index in [4.69, 9.17) is 4.74 Å². The first-order chi connectivity index (χ1) is 19.2. The Hall–Kier alpha value is -3.91. The molecule has 40 heavy (non-hydrogen) atoms. The van der Waals surface area contributed by atoms with Crippen molar-refractivity contribution in [1.82, 2.24) is 0 Å². The summed E-state index contributed by atoms with van der Waals surface area (Å²) in [4.78, 5) is 27.3. The van der Waals surface area contributed by atoms with Gasteiger partial charge in [-0.2, -0.15) is 0 Å². The molecule has 0 spiro atoms. The summed E-state index contributed by atoms with van der Waals surface area (Å²) in [5.41, 5.74) is 5.69. The fourth-order valence-electron chi connectivity index (χ4n) is 5.10. The SMILES string of the molecule is CNc1ccc(-c2ccc(CN(c3cccc(/C=C/C(=O)OC)c3)C(=O)[C@H]3CC[C@H](S(C)(=O)=O)CC3)cc2)cc1. The van der Waals surface area contributed by atoms with Crippen LogP contribution in [0.5, 0.6) is 0 Å². The zero-order valence-electron chi connectivity index (χ0n) is 23.2. The summed E-state index contributed by atoms with van der Waals surface area (Å²) in [6, 6.07) is 23.8. The van der Waals surface area contributed by atoms with E-state index >= 15 is 0 Å². The van der Waals surface area contributed by atoms with Crippen LogP contribution in [-0.2, 0) is 30.7 Å². The number of esters is 1. The van der Waals surface area contributed by atoms with Crippen LogP contribution in [0.4, 0.5) is 11.4 Å². The molecule has 1 fully saturated rings. The highest BCUT2D eigenvalue weighted by atomic mass is 32.2. The number of sulfone groups is 1. The Morgan fingerprint density at radius 2 is 1.57 bits per heavy atom. The van der Waals surface area contributed by atoms with E-state index in [-0.39, 0.29) is 17.1 Å². The standard InChI is InChI=1S/C32H36N2O5S/c1-33-28-16-12-26(13-17-28)25-10-7-24(8-11-25)22-34(29-6-4-5-23(21-29)9-20-31(35)39-2)32(36)27-14-18-30(19-15-27)40(3,37)38/h4-13,16-17,20-21,27,30,33H,14-15,18-19,22H2,1-3H3/b20-9+/t27-,30-. The number of nitrogens with zero attached hydrogens (tertiary/aromatic N) is 1. The van der Waals surface area contributed by atoms with E-state index in [2.05, 4.69) is 29.6 Å². The molecule has 0 unspecified atom stereocenters. The normalized spacial score (nSPS) is 17.4. The minimum Gasteiger partial charge on any atom is -0.466 e. The van der Waals surface area contributed by atoms with Gasteiger partial charge < -0.3 is 15.0 Å². The summed E-state index contributed by atoms with van der Waals surface area (Å²) in [6.45, 7) is 0.369. The van der Waals surface area contributed by atoms with Crippen LogP contribution >= 0.6 is 0 Å². The monoisotopic (exact) mass is 560 g/mol. The smallest absolute Gasteiger partial charge is 0.330 e. The topological polar surface area (TPSA) is 92.8 Å². The molecule has 3 aromatic rings. The zero-order valence-corrected chi connectivity index (χ0v) is 24.0. The van der Waals surface area contributed by atoms with Gasteiger partial charge in [0, 0.05) is 36.7 Å². The number of methoxy groups -OCH3 is 1. The maximum Gasteiger partial charge on any atom is 0.330 e. The van der Waals surface area contributed by atoms with Crippen molar-refractivity contribution in [1.29, 1.82) is 0 Å². The molecular formula is C32H36N2O5S. The molecule has 4 rings (SSSR count). The molecule has 7 nitrogen and oxygen atoms in total. The molecule has 210 valence electrons. The first-order valence-corrected chi connectivity index (χ1v) is 15.4. The molecule has 8 heteroatoms. The molecule has 1 amide bonds. The molecule has 3 aromatic carbocycles. The lowest BCUT2D eigenvalue weighted by Crippen LogP contribution is -2.39. The fourth-order valence-corrected chi connectivity index (χ4v) is 6.23. The third-order valence-corrected chi connectivity index (χ3v) is 9.17. The van der Waals surface area contributed by atoms with Gasteiger partial charge in [-0.15, -0.1) is 0 Å². The molecule has 1 aliphatic carbocycles. The van der Waals surface area contributed by atoms with Crippen molar-refractivity contribution < 1.29 is 22.7 Å². The molecule has 0 atom stereocenters. The Morgan fingerprint density at radius 3 is 2.15 bits per heavy atom. The third kappa shape index (κ3) is 7.39. The van der Waals surface area contributed by atoms with Crippen LogP contribution in [0, 0.1) is 5.92 Å². The van der Waals surface area contributed by atoms with Gasteiger partial charge in [-0.25, -0.2) is 13.2 Å². The van der Waals surface area contributed by atoms with E-state index < -0.39 is 15.8 Å². The van der Waals surface area contributed by atoms with Crippen LogP contribution in [0.15, 0.2) is 78.9 Å². The van der Waals surface area contributed by atoms with Gasteiger partial charge in [-0.3, -0.25) is 4.79 Å². The highest BCUT2D eigenvalue weighted by molar-refractivity contribution is 7.91. The molecule has 0 bridgehead atoms. The number of hydrogen-bond acceptors (Lipinski definition) is 6. The van der Waals surface area contributed by atoms with Crippen LogP contribution in [0.1, 0.15) is 36.8 Å². The number of anilines is 2. The molecular weight excluding hydrogens is 524 g/mol. The van der Waals surface area contributed by atoms with Gasteiger partial charge in [-0.05, 0) is 78.3 Å². The van der Waals surface area contributed by atoms with Crippen molar-refractivity contribution in [3.05, 3.63) is 90.0 Å². The quantitative estimate of drug-likeness (QED) is 0.266. The lowest BCUT2D eigenvalue weighted by molar-refractivity contribution is -0.134. The largest absolute Gasteiger partial charge is 0.466 e. The molecule has 0 aliphatic heterocycles. The van der Waals surface area contributed by atoms with E-state index in [0.717, 1.165) is 27.9 Å². The number of amides is 1. The average Bonchev–Trinajstić information content (AvgIpc) is 2.98. The van der Waals surface area contributed by atoms with Gasteiger partial charge in [0.25, 0.3) is 0 Å². The van der Waals surface area contributed by atoms with Gasteiger partial charge in [0.05, 0.1) is 18.9 Å². The van der Waals surface area contributed by atoms with Crippen molar-refractivity contribution >= 4 is 39.2 Å². The summed E-state index contributed by atoms with van der Waals surface area (Å²) in [6.07, 6.45) is 6.34. The van der Waals surface area contributed by atoms with Gasteiger partial charge >= 0.3 is 5.97 Å². The summed E-state index contributed by atoms with van der Waals surface area (Å²) in [5, 5.41) is 2.74. The lowest BCUT2D eigenvalue weighted by Gasteiger charge is -2.32. The maximum absolute atomic E-state index is 13.9. The van der Waals surface area contributed by atoms with Crippen LogP contribution in [0.25, 0.3) is 17.2 Å². The van der Waals surface area contributed by atoms with Crippen molar-refractivity contribution in [2.45, 2.75) is 37.5 Å². The second kappa shape index (κ2) is 13.0. The zero-order chi connectivity index (χ0) is 28.7. The number of ether oxygens (including phenoxy) is 1. The first-order valence-electron chi connectivity index (χ1n) is 13.4. The fraction of sp³-hybridized carbons (Fsp3) is 0.312. The number of carbonyl (C=O) groups excluding carboxylic acids is 2. The highest BCUT2D eigenvalue weighted by Gasteiger charge is 2.33. The Balaban J connectivity index is 1.59. The molecule has 0 heterocycles. The second-order valence-corrected chi connectivity index (χ2v) is 12.5. The molecule has 0 saturated heterocycles. The predicted molar refractivity (Wildman–Crippen MR) is 161 cm³/mol. The van der Waals surface area contributed by atoms with E-state index in [1.54, 1.807) is 11.0 Å². The van der Waals surface area contributed by atoms with E-state index in [1.165, 1.54) is 19.4 Å². The highest BCUT2D eigenvalue weighted by Crippen LogP contribution is 2.32. The number of rotatable bonds is 9. The number of hydrogen-bond donors (Lipinski definition) is 1. The Bertz CT molecular complexity index is 1460. The predicted octanol–water partition coefficient (Wildman–Crippen LogP) is 5.72. The summed E-state index contributed by atoms with van der Waals surface area (Å²) < 4.78 is 28.8. The van der Waals surface area contributed by atoms with E-state index in [9.17, 15) is 18.0 Å². The Kier molecular flexibility index (Phi) is 9.42. The van der Waals surface area contributed by atoms with Crippen molar-refractivity contribution in [3.8, 4) is 11.1 Å². The van der Waals surface area contributed by atoms with Gasteiger partial charge in [0.1, 0.15) is 9.84 Å². The van der Waals surface area contributed by atoms with Crippen LogP contribution in [-0.4, -0.2) is 46.0 Å². The second-order valence-electron chi connectivity index (χ2n) is 10.2. The third-order valence-electron chi connectivity index (χ3n) is 7.49. The van der Waals surface area contributed by atoms with Crippen molar-refractivity contribution in [3.63, 3.8) is 0 Å². The van der Waals surface area contributed by atoms with E-state index in [0.29, 0.717) is 37.9 Å². The Morgan fingerprint density at radius 1 is 0.950 bits per heavy atom. The van der Waals surface area contributed by atoms with Gasteiger partial charge in [0.2, 0.25) is 5.91 Å². The molecule has 1 aliphatic rings. The number of carbonyl (C=O) groups is 2. The molecule has 0 radical (unpaired) electrons. The summed E-state index contributed by atoms with van der Waals surface area (Å²) in [7, 11) is 0.0903. The molecule has 0 aromatic heterocycles. The number of nitrogens with one attached hydrogen (secondary N) is 1. The lowest BCUT2D eigenvalue weighted by atomic mass is 9.87. The van der Waals surface area contributed by atoms with E-state index in [1.807, 2.05) is 55.6 Å². The number of benzene rings is 3. The van der Waals surface area contributed by atoms with Crippen molar-refractivity contribution in [2.75, 3.05) is 30.6 Å². The molecule has 1 N–H and O–H groups in total. The first kappa shape index (κ1) is 29.1. The average molecular weight is 561 g/mol. The van der Waals surface area contributed by atoms with Crippen LogP contribution < -0.4 is 10.2 Å². The molecule has 1 saturated carbocycles. The Labute approximate surface area is 236 Å². The maximum atomic E-state index is 13.9.